The molecule has 0 radical (unpaired) electrons. The summed E-state index contributed by atoms with van der Waals surface area (Å²) in [6.07, 6.45) is 6.67. The molecule has 1 aliphatic carbocycles. The molecule has 9 nitrogen and oxygen atoms in total. The molecule has 2 fully saturated rings. The third-order valence-electron chi connectivity index (χ3n) is 8.12. The molecule has 5 heterocycles. The summed E-state index contributed by atoms with van der Waals surface area (Å²) in [6, 6.07) is 11.6. The van der Waals surface area contributed by atoms with Crippen molar-refractivity contribution >= 4 is 55.1 Å². The Morgan fingerprint density at radius 2 is 1.91 bits per heavy atom. The Kier molecular flexibility index (Phi) is 7.07. The van der Waals surface area contributed by atoms with E-state index in [1.165, 1.54) is 24.3 Å². The summed E-state index contributed by atoms with van der Waals surface area (Å²) in [4.78, 5) is 30.4. The molecule has 12 heteroatoms. The molecule has 1 amide bonds. The summed E-state index contributed by atoms with van der Waals surface area (Å²) >= 11 is 4.78. The van der Waals surface area contributed by atoms with Gasteiger partial charge in [0.1, 0.15) is 38.8 Å². The minimum Gasteiger partial charge on any atom is -0.497 e. The molecule has 0 spiro atoms. The molecule has 8 rings (SSSR count). The van der Waals surface area contributed by atoms with Gasteiger partial charge in [0, 0.05) is 47.6 Å². The minimum atomic E-state index is 0.110. The van der Waals surface area contributed by atoms with Crippen molar-refractivity contribution < 1.29 is 14.3 Å². The van der Waals surface area contributed by atoms with Crippen LogP contribution in [0.4, 0.5) is 0 Å². The van der Waals surface area contributed by atoms with Gasteiger partial charge in [-0.2, -0.15) is 5.10 Å². The van der Waals surface area contributed by atoms with Gasteiger partial charge in [-0.15, -0.1) is 22.7 Å². The number of amides is 1. The molecule has 0 N–H and O–H groups in total. The van der Waals surface area contributed by atoms with E-state index in [2.05, 4.69) is 6.92 Å². The highest BCUT2D eigenvalue weighted by atomic mass is 32.1. The number of imidazole rings is 1. The van der Waals surface area contributed by atoms with Crippen LogP contribution in [0.15, 0.2) is 48.0 Å². The van der Waals surface area contributed by atoms with Gasteiger partial charge >= 0.3 is 0 Å². The normalized spacial score (nSPS) is 17.0. The predicted molar refractivity (Wildman–Crippen MR) is 174 cm³/mol. The lowest BCUT2D eigenvalue weighted by Gasteiger charge is -2.31. The van der Waals surface area contributed by atoms with Crippen molar-refractivity contribution in [1.29, 1.82) is 0 Å². The van der Waals surface area contributed by atoms with Gasteiger partial charge in [0.15, 0.2) is 0 Å². The zero-order valence-corrected chi connectivity index (χ0v) is 26.8. The lowest BCUT2D eigenvalue weighted by Crippen LogP contribution is -2.39. The molecule has 6 aromatic rings. The van der Waals surface area contributed by atoms with Crippen molar-refractivity contribution in [2.45, 2.75) is 45.1 Å². The Labute approximate surface area is 266 Å². The zero-order valence-electron chi connectivity index (χ0n) is 24.4. The lowest BCUT2D eigenvalue weighted by molar-refractivity contribution is 0.0683. The second-order valence-electron chi connectivity index (χ2n) is 11.6. The van der Waals surface area contributed by atoms with Crippen molar-refractivity contribution in [2.24, 2.45) is 5.92 Å². The molecule has 2 aliphatic rings. The highest BCUT2D eigenvalue weighted by Crippen LogP contribution is 2.43. The summed E-state index contributed by atoms with van der Waals surface area (Å²) in [6.45, 7) is 4.19. The van der Waals surface area contributed by atoms with Gasteiger partial charge in [-0.1, -0.05) is 30.4 Å². The standard InChI is InChI=1S/C32H30N6O3S3/c1-18-4-3-11-37(14-18)31(39)21-9-7-19(8-10-21)28-33-22(17-42-28)16-41-26-13-23(40-2)12-24-27(26)43-30(34-24)25-15-38-32(35-25)44-29(36-38)20-5-6-20/h7-10,12-13,15,17-18,20H,3-6,11,14,16H2,1-2H3/t18-/m0/s1. The van der Waals surface area contributed by atoms with Crippen LogP contribution in [0, 0.1) is 5.92 Å². The molecule has 44 heavy (non-hydrogen) atoms. The van der Waals surface area contributed by atoms with Crippen LogP contribution < -0.4 is 9.47 Å². The second-order valence-corrected chi connectivity index (χ2v) is 14.4. The number of hydrogen-bond acceptors (Lipinski definition) is 10. The lowest BCUT2D eigenvalue weighted by atomic mass is 9.99. The summed E-state index contributed by atoms with van der Waals surface area (Å²) in [5.74, 6) is 2.65. The summed E-state index contributed by atoms with van der Waals surface area (Å²) < 4.78 is 14.7. The molecule has 1 saturated carbocycles. The third kappa shape index (κ3) is 5.35. The average molecular weight is 643 g/mol. The quantitative estimate of drug-likeness (QED) is 0.169. The number of likely N-dealkylation sites (tertiary alicyclic amines) is 1. The van der Waals surface area contributed by atoms with Crippen molar-refractivity contribution in [3.05, 3.63) is 64.2 Å². The number of methoxy groups -OCH3 is 1. The van der Waals surface area contributed by atoms with E-state index in [9.17, 15) is 4.79 Å². The van der Waals surface area contributed by atoms with E-state index >= 15 is 0 Å². The Morgan fingerprint density at radius 1 is 1.05 bits per heavy atom. The van der Waals surface area contributed by atoms with Crippen LogP contribution in [0.25, 0.3) is 36.5 Å². The first-order valence-corrected chi connectivity index (χ1v) is 17.3. The molecular weight excluding hydrogens is 613 g/mol. The summed E-state index contributed by atoms with van der Waals surface area (Å²) in [5, 5.41) is 9.61. The predicted octanol–water partition coefficient (Wildman–Crippen LogP) is 7.53. The fourth-order valence-electron chi connectivity index (χ4n) is 5.60. The number of fused-ring (bicyclic) bond motifs is 2. The number of nitrogens with zero attached hydrogens (tertiary/aromatic N) is 6. The maximum atomic E-state index is 13.0. The first-order valence-electron chi connectivity index (χ1n) is 14.8. The minimum absolute atomic E-state index is 0.110. The number of rotatable bonds is 8. The van der Waals surface area contributed by atoms with Crippen LogP contribution in [-0.2, 0) is 6.61 Å². The first kappa shape index (κ1) is 27.7. The molecule has 0 bridgehead atoms. The van der Waals surface area contributed by atoms with Gasteiger partial charge in [-0.05, 0) is 43.7 Å². The Hall–Kier alpha value is -3.87. The molecule has 0 unspecified atom stereocenters. The van der Waals surface area contributed by atoms with Gasteiger partial charge in [0.05, 0.1) is 29.2 Å². The van der Waals surface area contributed by atoms with Gasteiger partial charge < -0.3 is 14.4 Å². The number of hydrogen-bond donors (Lipinski definition) is 0. The number of aromatic nitrogens is 5. The molecule has 1 atom stereocenters. The van der Waals surface area contributed by atoms with Crippen molar-refractivity contribution in [3.63, 3.8) is 0 Å². The molecule has 224 valence electrons. The number of carbonyl (C=O) groups is 1. The number of thiazole rings is 2. The highest BCUT2D eigenvalue weighted by Gasteiger charge is 2.28. The second kappa shape index (κ2) is 11.2. The number of benzene rings is 2. The van der Waals surface area contributed by atoms with E-state index < -0.39 is 0 Å². The van der Waals surface area contributed by atoms with E-state index in [1.807, 2.05) is 57.4 Å². The largest absolute Gasteiger partial charge is 0.497 e. The van der Waals surface area contributed by atoms with Crippen LogP contribution in [0.2, 0.25) is 0 Å². The van der Waals surface area contributed by atoms with E-state index in [-0.39, 0.29) is 5.91 Å². The number of piperidine rings is 1. The Bertz CT molecular complexity index is 1960. The number of ether oxygens (including phenoxy) is 2. The van der Waals surface area contributed by atoms with Gasteiger partial charge in [-0.3, -0.25) is 4.79 Å². The van der Waals surface area contributed by atoms with Gasteiger partial charge in [-0.25, -0.2) is 19.5 Å². The van der Waals surface area contributed by atoms with Crippen LogP contribution in [0.1, 0.15) is 59.6 Å². The van der Waals surface area contributed by atoms with Crippen LogP contribution >= 0.6 is 34.0 Å². The Morgan fingerprint density at radius 3 is 2.68 bits per heavy atom. The highest BCUT2D eigenvalue weighted by molar-refractivity contribution is 7.22. The van der Waals surface area contributed by atoms with Crippen LogP contribution in [0.5, 0.6) is 11.5 Å². The molecule has 1 saturated heterocycles. The third-order valence-corrected chi connectivity index (χ3v) is 11.3. The van der Waals surface area contributed by atoms with E-state index in [0.29, 0.717) is 29.9 Å². The van der Waals surface area contributed by atoms with E-state index in [1.54, 1.807) is 41.1 Å². The maximum Gasteiger partial charge on any atom is 0.253 e. The van der Waals surface area contributed by atoms with Crippen molar-refractivity contribution in [2.75, 3.05) is 20.2 Å². The Balaban J connectivity index is 0.985. The average Bonchev–Trinajstić information content (AvgIpc) is 3.36. The SMILES string of the molecule is COc1cc(OCc2csc(-c3ccc(C(=O)N4CCC[C@H](C)C4)cc3)n2)c2sc(-c3cn4nc(C5CC5)sc4n3)nc2c1. The zero-order chi connectivity index (χ0) is 29.8. The molecule has 4 aromatic heterocycles. The maximum absolute atomic E-state index is 13.0. The molecule has 2 aromatic carbocycles. The van der Waals surface area contributed by atoms with Crippen LogP contribution in [-0.4, -0.2) is 55.6 Å². The topological polar surface area (TPSA) is 94.7 Å². The fourth-order valence-corrected chi connectivity index (χ4v) is 8.42. The monoisotopic (exact) mass is 642 g/mol. The summed E-state index contributed by atoms with van der Waals surface area (Å²) in [7, 11) is 1.64. The molecular formula is C32H30N6O3S3. The van der Waals surface area contributed by atoms with Gasteiger partial charge in [0.2, 0.25) is 4.96 Å². The van der Waals surface area contributed by atoms with E-state index in [0.717, 1.165) is 67.2 Å². The van der Waals surface area contributed by atoms with Crippen LogP contribution in [0.3, 0.4) is 0 Å². The first-order chi connectivity index (χ1) is 21.5. The summed E-state index contributed by atoms with van der Waals surface area (Å²) in [5.41, 5.74) is 4.15. The van der Waals surface area contributed by atoms with E-state index in [4.69, 9.17) is 29.5 Å². The number of carbonyl (C=O) groups excluding carboxylic acids is 1. The van der Waals surface area contributed by atoms with Crippen molar-refractivity contribution in [3.8, 4) is 32.8 Å². The molecule has 1 aliphatic heterocycles. The van der Waals surface area contributed by atoms with Crippen molar-refractivity contribution in [1.82, 2.24) is 29.5 Å². The van der Waals surface area contributed by atoms with Gasteiger partial charge in [0.25, 0.3) is 5.91 Å². The fraction of sp³-hybridized carbons (Fsp3) is 0.344. The smallest absolute Gasteiger partial charge is 0.253 e.